The number of aromatic nitrogens is 2. The third kappa shape index (κ3) is 3.23. The van der Waals surface area contributed by atoms with E-state index in [-0.39, 0.29) is 0 Å². The fraction of sp³-hybridized carbons (Fsp3) is 0.500. The number of nitrogens with one attached hydrogen (secondary N) is 1. The molecule has 5 heteroatoms. The molecule has 2 aromatic heterocycles. The highest BCUT2D eigenvalue weighted by molar-refractivity contribution is 7.13. The van der Waals surface area contributed by atoms with Crippen molar-refractivity contribution in [1.29, 1.82) is 0 Å². The fourth-order valence-corrected chi connectivity index (χ4v) is 3.28. The summed E-state index contributed by atoms with van der Waals surface area (Å²) in [5, 5.41) is 5.51. The number of rotatable bonds is 5. The van der Waals surface area contributed by atoms with Gasteiger partial charge in [0.15, 0.2) is 0 Å². The van der Waals surface area contributed by atoms with Crippen LogP contribution in [-0.2, 0) is 6.54 Å². The van der Waals surface area contributed by atoms with E-state index in [4.69, 9.17) is 0 Å². The predicted molar refractivity (Wildman–Crippen MR) is 79.5 cm³/mol. The molecule has 1 fully saturated rings. The zero-order chi connectivity index (χ0) is 12.9. The first kappa shape index (κ1) is 12.8. The molecule has 1 saturated heterocycles. The molecule has 0 radical (unpaired) electrons. The molecule has 4 nitrogen and oxygen atoms in total. The number of nitrogens with zero attached hydrogens (tertiary/aromatic N) is 3. The van der Waals surface area contributed by atoms with E-state index in [2.05, 4.69) is 37.3 Å². The monoisotopic (exact) mass is 276 g/mol. The van der Waals surface area contributed by atoms with E-state index in [0.29, 0.717) is 0 Å². The van der Waals surface area contributed by atoms with Crippen LogP contribution in [0.2, 0.25) is 0 Å². The van der Waals surface area contributed by atoms with E-state index in [0.717, 1.165) is 19.6 Å². The van der Waals surface area contributed by atoms with Crippen LogP contribution in [0, 0.1) is 0 Å². The number of hydrogen-bond donors (Lipinski definition) is 1. The Kier molecular flexibility index (Phi) is 4.27. The normalized spacial score (nSPS) is 16.8. The Labute approximate surface area is 118 Å². The number of aryl methyl sites for hydroxylation is 1. The number of hydrogen-bond acceptors (Lipinski definition) is 4. The minimum atomic E-state index is 1.05. The van der Waals surface area contributed by atoms with Gasteiger partial charge in [0.05, 0.1) is 23.1 Å². The largest absolute Gasteiger partial charge is 0.330 e. The number of piperazine rings is 1. The van der Waals surface area contributed by atoms with Gasteiger partial charge in [-0.3, -0.25) is 0 Å². The standard InChI is InChI=1S/C14H20N4S/c1-3-14(19-10-1)13-11-16-12-18(13)7-2-6-17-8-4-15-5-9-17/h1,3,10-12,15H,2,4-9H2. The summed E-state index contributed by atoms with van der Waals surface area (Å²) in [4.78, 5) is 8.13. The molecule has 2 aromatic rings. The number of thiophene rings is 1. The molecular formula is C14H20N4S. The highest BCUT2D eigenvalue weighted by Gasteiger charge is 2.10. The summed E-state index contributed by atoms with van der Waals surface area (Å²) in [6.45, 7) is 6.86. The zero-order valence-electron chi connectivity index (χ0n) is 11.1. The highest BCUT2D eigenvalue weighted by atomic mass is 32.1. The first-order valence-corrected chi connectivity index (χ1v) is 7.78. The van der Waals surface area contributed by atoms with Gasteiger partial charge in [-0.1, -0.05) is 6.07 Å². The first-order valence-electron chi connectivity index (χ1n) is 6.90. The molecular weight excluding hydrogens is 256 g/mol. The lowest BCUT2D eigenvalue weighted by Crippen LogP contribution is -2.43. The summed E-state index contributed by atoms with van der Waals surface area (Å²) in [5.74, 6) is 0. The average Bonchev–Trinajstić information content (AvgIpc) is 3.10. The molecule has 3 heterocycles. The SMILES string of the molecule is c1csc(-c2cncn2CCCN2CCNCC2)c1. The van der Waals surface area contributed by atoms with Gasteiger partial charge in [0.25, 0.3) is 0 Å². The van der Waals surface area contributed by atoms with Crippen molar-refractivity contribution in [1.82, 2.24) is 19.8 Å². The van der Waals surface area contributed by atoms with Crippen molar-refractivity contribution in [2.45, 2.75) is 13.0 Å². The molecule has 0 atom stereocenters. The second-order valence-electron chi connectivity index (χ2n) is 4.89. The van der Waals surface area contributed by atoms with Crippen LogP contribution in [0.25, 0.3) is 10.6 Å². The molecule has 0 bridgehead atoms. The van der Waals surface area contributed by atoms with E-state index in [9.17, 15) is 0 Å². The second-order valence-corrected chi connectivity index (χ2v) is 5.84. The van der Waals surface area contributed by atoms with E-state index in [1.807, 2.05) is 12.5 Å². The van der Waals surface area contributed by atoms with Crippen LogP contribution in [0.3, 0.4) is 0 Å². The Morgan fingerprint density at radius 1 is 1.26 bits per heavy atom. The van der Waals surface area contributed by atoms with Crippen molar-refractivity contribution >= 4 is 11.3 Å². The van der Waals surface area contributed by atoms with Crippen LogP contribution in [0.5, 0.6) is 0 Å². The molecule has 3 rings (SSSR count). The van der Waals surface area contributed by atoms with Gasteiger partial charge in [0.1, 0.15) is 0 Å². The Morgan fingerprint density at radius 3 is 2.95 bits per heavy atom. The topological polar surface area (TPSA) is 33.1 Å². The maximum absolute atomic E-state index is 4.29. The maximum Gasteiger partial charge on any atom is 0.0951 e. The van der Waals surface area contributed by atoms with Gasteiger partial charge < -0.3 is 14.8 Å². The molecule has 1 aliphatic rings. The first-order chi connectivity index (χ1) is 9.43. The summed E-state index contributed by atoms with van der Waals surface area (Å²) in [7, 11) is 0. The quantitative estimate of drug-likeness (QED) is 0.905. The maximum atomic E-state index is 4.29. The molecule has 0 spiro atoms. The minimum absolute atomic E-state index is 1.05. The summed E-state index contributed by atoms with van der Waals surface area (Å²) < 4.78 is 2.27. The van der Waals surface area contributed by atoms with Crippen LogP contribution < -0.4 is 5.32 Å². The third-order valence-electron chi connectivity index (χ3n) is 3.57. The van der Waals surface area contributed by atoms with Gasteiger partial charge in [-0.25, -0.2) is 4.98 Å². The van der Waals surface area contributed by atoms with Crippen molar-refractivity contribution in [2.24, 2.45) is 0 Å². The van der Waals surface area contributed by atoms with Gasteiger partial charge in [-0.15, -0.1) is 11.3 Å². The Balaban J connectivity index is 1.54. The molecule has 1 aliphatic heterocycles. The fourth-order valence-electron chi connectivity index (χ4n) is 2.53. The highest BCUT2D eigenvalue weighted by Crippen LogP contribution is 2.24. The van der Waals surface area contributed by atoms with Gasteiger partial charge >= 0.3 is 0 Å². The average molecular weight is 276 g/mol. The van der Waals surface area contributed by atoms with Crippen LogP contribution >= 0.6 is 11.3 Å². The summed E-state index contributed by atoms with van der Waals surface area (Å²) in [5.41, 5.74) is 1.25. The van der Waals surface area contributed by atoms with Crippen LogP contribution in [0.1, 0.15) is 6.42 Å². The molecule has 0 aliphatic carbocycles. The third-order valence-corrected chi connectivity index (χ3v) is 4.46. The molecule has 0 aromatic carbocycles. The van der Waals surface area contributed by atoms with Gasteiger partial charge in [-0.05, 0) is 24.4 Å². The smallest absolute Gasteiger partial charge is 0.0951 e. The van der Waals surface area contributed by atoms with Crippen molar-refractivity contribution < 1.29 is 0 Å². The van der Waals surface area contributed by atoms with Gasteiger partial charge in [0.2, 0.25) is 0 Å². The van der Waals surface area contributed by atoms with E-state index in [1.165, 1.54) is 36.6 Å². The van der Waals surface area contributed by atoms with Gasteiger partial charge in [-0.2, -0.15) is 0 Å². The van der Waals surface area contributed by atoms with Crippen molar-refractivity contribution in [3.8, 4) is 10.6 Å². The second kappa shape index (κ2) is 6.32. The number of imidazole rings is 1. The molecule has 0 amide bonds. The molecule has 19 heavy (non-hydrogen) atoms. The lowest BCUT2D eigenvalue weighted by atomic mass is 10.3. The summed E-state index contributed by atoms with van der Waals surface area (Å²) in [6, 6.07) is 4.26. The minimum Gasteiger partial charge on any atom is -0.330 e. The zero-order valence-corrected chi connectivity index (χ0v) is 11.9. The lowest BCUT2D eigenvalue weighted by Gasteiger charge is -2.27. The van der Waals surface area contributed by atoms with Crippen molar-refractivity contribution in [2.75, 3.05) is 32.7 Å². The summed E-state index contributed by atoms with van der Waals surface area (Å²) in [6.07, 6.45) is 5.11. The summed E-state index contributed by atoms with van der Waals surface area (Å²) >= 11 is 1.78. The van der Waals surface area contributed by atoms with E-state index >= 15 is 0 Å². The van der Waals surface area contributed by atoms with E-state index in [1.54, 1.807) is 11.3 Å². The molecule has 1 N–H and O–H groups in total. The van der Waals surface area contributed by atoms with Crippen molar-refractivity contribution in [3.63, 3.8) is 0 Å². The Morgan fingerprint density at radius 2 is 2.16 bits per heavy atom. The molecule has 0 saturated carbocycles. The van der Waals surface area contributed by atoms with Crippen LogP contribution in [0.15, 0.2) is 30.0 Å². The van der Waals surface area contributed by atoms with Crippen LogP contribution in [0.4, 0.5) is 0 Å². The Bertz CT molecular complexity index is 485. The lowest BCUT2D eigenvalue weighted by molar-refractivity contribution is 0.235. The van der Waals surface area contributed by atoms with Crippen molar-refractivity contribution in [3.05, 3.63) is 30.0 Å². The molecule has 102 valence electrons. The van der Waals surface area contributed by atoms with E-state index < -0.39 is 0 Å². The van der Waals surface area contributed by atoms with Gasteiger partial charge in [0, 0.05) is 32.7 Å². The molecule has 0 unspecified atom stereocenters. The van der Waals surface area contributed by atoms with Crippen LogP contribution in [-0.4, -0.2) is 47.2 Å². The Hall–Kier alpha value is -1.17. The predicted octanol–water partition coefficient (Wildman–Crippen LogP) is 1.91.